The van der Waals surface area contributed by atoms with Gasteiger partial charge in [-0.15, -0.1) is 0 Å². The van der Waals surface area contributed by atoms with E-state index in [2.05, 4.69) is 29.9 Å². The van der Waals surface area contributed by atoms with E-state index in [1.165, 1.54) is 5.69 Å². The molecule has 1 saturated heterocycles. The fourth-order valence-corrected chi connectivity index (χ4v) is 2.35. The van der Waals surface area contributed by atoms with Gasteiger partial charge in [0.05, 0.1) is 6.61 Å². The summed E-state index contributed by atoms with van der Waals surface area (Å²) in [5, 5.41) is 8.90. The molecule has 1 heterocycles. The molecule has 3 nitrogen and oxygen atoms in total. The summed E-state index contributed by atoms with van der Waals surface area (Å²) in [6, 6.07) is 8.32. The zero-order valence-corrected chi connectivity index (χ0v) is 11.6. The molecule has 0 spiro atoms. The Morgan fingerprint density at radius 2 is 1.95 bits per heavy atom. The lowest BCUT2D eigenvalue weighted by atomic mass is 9.45. The molecule has 0 N–H and O–H groups in total. The number of rotatable bonds is 5. The van der Waals surface area contributed by atoms with Crippen molar-refractivity contribution in [3.63, 3.8) is 0 Å². The molecule has 0 atom stereocenters. The quantitative estimate of drug-likeness (QED) is 0.599. The molecule has 0 bridgehead atoms. The zero-order valence-electron chi connectivity index (χ0n) is 11.6. The topological polar surface area (TPSA) is 36.3 Å². The molecule has 1 aromatic carbocycles. The van der Waals surface area contributed by atoms with Crippen LogP contribution in [0.2, 0.25) is 12.6 Å². The Labute approximate surface area is 116 Å². The molecule has 0 aliphatic carbocycles. The summed E-state index contributed by atoms with van der Waals surface area (Å²) in [5.41, 5.74) is 1.24. The Kier molecular flexibility index (Phi) is 5.14. The Bertz CT molecular complexity index is 419. The third-order valence-electron chi connectivity index (χ3n) is 3.65. The number of unbranched alkanes of at least 4 members (excludes halogenated alkanes) is 1. The van der Waals surface area contributed by atoms with Crippen molar-refractivity contribution in [3.8, 4) is 11.7 Å². The van der Waals surface area contributed by atoms with E-state index in [4.69, 9.17) is 10.00 Å². The van der Waals surface area contributed by atoms with Crippen molar-refractivity contribution in [3.05, 3.63) is 24.3 Å². The van der Waals surface area contributed by atoms with E-state index in [0.29, 0.717) is 0 Å². The Morgan fingerprint density at radius 3 is 2.53 bits per heavy atom. The predicted octanol–water partition coefficient (Wildman–Crippen LogP) is 3.24. The van der Waals surface area contributed by atoms with E-state index in [0.717, 1.165) is 50.9 Å². The Balaban J connectivity index is 1.86. The molecule has 100 valence electrons. The monoisotopic (exact) mass is 256 g/mol. The van der Waals surface area contributed by atoms with Crippen LogP contribution in [0.4, 0.5) is 5.69 Å². The highest BCUT2D eigenvalue weighted by molar-refractivity contribution is 6.67. The van der Waals surface area contributed by atoms with E-state index in [-0.39, 0.29) is 6.71 Å². The number of nitriles is 1. The summed E-state index contributed by atoms with van der Waals surface area (Å²) in [5.74, 6) is 3.32. The molecule has 1 aliphatic rings. The molecule has 0 saturated carbocycles. The Hall–Kier alpha value is -1.63. The highest BCUT2D eigenvalue weighted by Crippen LogP contribution is 2.23. The van der Waals surface area contributed by atoms with Crippen LogP contribution >= 0.6 is 0 Å². The highest BCUT2D eigenvalue weighted by atomic mass is 16.5. The number of anilines is 1. The second-order valence-corrected chi connectivity index (χ2v) is 5.09. The van der Waals surface area contributed by atoms with Gasteiger partial charge in [0, 0.05) is 24.7 Å². The number of hydrogen-bond donors (Lipinski definition) is 0. The predicted molar refractivity (Wildman–Crippen MR) is 80.0 cm³/mol. The lowest BCUT2D eigenvalue weighted by Crippen LogP contribution is -2.36. The van der Waals surface area contributed by atoms with Crippen molar-refractivity contribution in [1.29, 1.82) is 5.26 Å². The first-order valence-corrected chi connectivity index (χ1v) is 7.21. The number of ether oxygens (including phenoxy) is 1. The number of nitrogens with zero attached hydrogens (tertiary/aromatic N) is 2. The summed E-state index contributed by atoms with van der Waals surface area (Å²) in [6.45, 7) is 5.16. The molecule has 1 fully saturated rings. The van der Waals surface area contributed by atoms with Gasteiger partial charge in [-0.3, -0.25) is 0 Å². The van der Waals surface area contributed by atoms with Crippen LogP contribution in [-0.4, -0.2) is 26.4 Å². The van der Waals surface area contributed by atoms with Crippen molar-refractivity contribution >= 4 is 12.4 Å². The van der Waals surface area contributed by atoms with Gasteiger partial charge in [0.15, 0.2) is 0 Å². The molecule has 19 heavy (non-hydrogen) atoms. The lowest BCUT2D eigenvalue weighted by Gasteiger charge is -2.30. The van der Waals surface area contributed by atoms with Crippen LogP contribution in [0.3, 0.4) is 0 Å². The average Bonchev–Trinajstić information content (AvgIpc) is 2.48. The van der Waals surface area contributed by atoms with Crippen LogP contribution in [-0.2, 0) is 0 Å². The van der Waals surface area contributed by atoms with Crippen molar-refractivity contribution in [2.45, 2.75) is 32.4 Å². The van der Waals surface area contributed by atoms with Gasteiger partial charge in [-0.2, -0.15) is 0 Å². The van der Waals surface area contributed by atoms with Gasteiger partial charge in [0.2, 0.25) is 0 Å². The molecule has 0 unspecified atom stereocenters. The first-order chi connectivity index (χ1) is 9.33. The third kappa shape index (κ3) is 3.92. The van der Waals surface area contributed by atoms with Crippen LogP contribution < -0.4 is 9.64 Å². The van der Waals surface area contributed by atoms with Crippen molar-refractivity contribution in [2.24, 2.45) is 0 Å². The third-order valence-corrected chi connectivity index (χ3v) is 3.65. The SMILES string of the molecule is CCCCOc1ccc(N2CCB(C#N)CC2)cc1. The maximum absolute atomic E-state index is 8.90. The first kappa shape index (κ1) is 13.8. The van der Waals surface area contributed by atoms with Crippen molar-refractivity contribution in [1.82, 2.24) is 0 Å². The molecule has 4 heteroatoms. The van der Waals surface area contributed by atoms with Gasteiger partial charge in [0.25, 0.3) is 6.71 Å². The normalized spacial score (nSPS) is 15.2. The second-order valence-electron chi connectivity index (χ2n) is 5.09. The smallest absolute Gasteiger partial charge is 0.271 e. The maximum atomic E-state index is 8.90. The van der Waals surface area contributed by atoms with Gasteiger partial charge in [0.1, 0.15) is 5.75 Å². The molecular formula is C15H21BN2O. The minimum atomic E-state index is 0.243. The van der Waals surface area contributed by atoms with Gasteiger partial charge >= 0.3 is 0 Å². The molecule has 0 aromatic heterocycles. The largest absolute Gasteiger partial charge is 0.494 e. The first-order valence-electron chi connectivity index (χ1n) is 7.21. The summed E-state index contributed by atoms with van der Waals surface area (Å²) in [7, 11) is 0. The van der Waals surface area contributed by atoms with E-state index in [1.807, 2.05) is 12.1 Å². The van der Waals surface area contributed by atoms with Gasteiger partial charge < -0.3 is 9.64 Å². The summed E-state index contributed by atoms with van der Waals surface area (Å²) < 4.78 is 5.66. The molecule has 0 radical (unpaired) electrons. The minimum Gasteiger partial charge on any atom is -0.494 e. The fourth-order valence-electron chi connectivity index (χ4n) is 2.35. The van der Waals surface area contributed by atoms with E-state index in [9.17, 15) is 0 Å². The van der Waals surface area contributed by atoms with Gasteiger partial charge in [-0.1, -0.05) is 13.3 Å². The molecular weight excluding hydrogens is 235 g/mol. The van der Waals surface area contributed by atoms with Gasteiger partial charge in [-0.25, -0.2) is 5.26 Å². The van der Waals surface area contributed by atoms with E-state index in [1.54, 1.807) is 0 Å². The molecule has 1 aliphatic heterocycles. The van der Waals surface area contributed by atoms with Crippen LogP contribution in [0.25, 0.3) is 0 Å². The lowest BCUT2D eigenvalue weighted by molar-refractivity contribution is 0.309. The standard InChI is InChI=1S/C15H21BN2O/c1-2-3-12-19-15-6-4-14(5-7-15)18-10-8-16(13-17)9-11-18/h4-7H,2-3,8-12H2,1H3. The maximum Gasteiger partial charge on any atom is 0.271 e. The molecule has 1 aromatic rings. The van der Waals surface area contributed by atoms with Crippen LogP contribution in [0.1, 0.15) is 19.8 Å². The number of hydrogen-bond acceptors (Lipinski definition) is 3. The van der Waals surface area contributed by atoms with E-state index >= 15 is 0 Å². The molecule has 2 rings (SSSR count). The number of benzene rings is 1. The summed E-state index contributed by atoms with van der Waals surface area (Å²) in [4.78, 5) is 2.35. The minimum absolute atomic E-state index is 0.243. The Morgan fingerprint density at radius 1 is 1.26 bits per heavy atom. The van der Waals surface area contributed by atoms with Crippen LogP contribution in [0.5, 0.6) is 5.75 Å². The highest BCUT2D eigenvalue weighted by Gasteiger charge is 2.22. The van der Waals surface area contributed by atoms with Crippen LogP contribution in [0, 0.1) is 11.2 Å². The van der Waals surface area contributed by atoms with Crippen molar-refractivity contribution in [2.75, 3.05) is 24.6 Å². The van der Waals surface area contributed by atoms with Crippen LogP contribution in [0.15, 0.2) is 24.3 Å². The zero-order chi connectivity index (χ0) is 13.5. The summed E-state index contributed by atoms with van der Waals surface area (Å²) in [6.07, 6.45) is 4.21. The summed E-state index contributed by atoms with van der Waals surface area (Å²) >= 11 is 0. The van der Waals surface area contributed by atoms with Crippen molar-refractivity contribution < 1.29 is 4.74 Å². The molecule has 0 amide bonds. The van der Waals surface area contributed by atoms with E-state index < -0.39 is 0 Å². The fraction of sp³-hybridized carbons (Fsp3) is 0.533. The second kappa shape index (κ2) is 7.08. The average molecular weight is 256 g/mol. The van der Waals surface area contributed by atoms with Gasteiger partial charge in [-0.05, 0) is 43.3 Å².